The van der Waals surface area contributed by atoms with E-state index in [2.05, 4.69) is 35.7 Å². The summed E-state index contributed by atoms with van der Waals surface area (Å²) >= 11 is 3.34. The average molecular weight is 287 g/mol. The molecule has 6 heteroatoms. The van der Waals surface area contributed by atoms with Crippen LogP contribution in [0.1, 0.15) is 0 Å². The fourth-order valence-corrected chi connectivity index (χ4v) is 2.14. The van der Waals surface area contributed by atoms with Crippen LogP contribution < -0.4 is 4.90 Å². The van der Waals surface area contributed by atoms with Crippen LogP contribution in [-0.2, 0) is 0 Å². The summed E-state index contributed by atoms with van der Waals surface area (Å²) in [7, 11) is 0. The monoisotopic (exact) mass is 286 g/mol. The third kappa shape index (κ3) is 2.90. The highest BCUT2D eigenvalue weighted by Gasteiger charge is 2.17. The van der Waals surface area contributed by atoms with Gasteiger partial charge in [-0.2, -0.15) is 0 Å². The van der Waals surface area contributed by atoms with Gasteiger partial charge in [0.25, 0.3) is 0 Å². The summed E-state index contributed by atoms with van der Waals surface area (Å²) in [6.07, 6.45) is 1.57. The molecule has 5 nitrogen and oxygen atoms in total. The summed E-state index contributed by atoms with van der Waals surface area (Å²) in [5.41, 5.74) is 0. The first-order valence-corrected chi connectivity index (χ1v) is 6.14. The summed E-state index contributed by atoms with van der Waals surface area (Å²) in [5.74, 6) is 0.963. The highest BCUT2D eigenvalue weighted by Crippen LogP contribution is 2.16. The lowest BCUT2D eigenvalue weighted by molar-refractivity contribution is 0.188. The summed E-state index contributed by atoms with van der Waals surface area (Å²) in [6, 6.07) is 1.93. The van der Waals surface area contributed by atoms with E-state index in [1.807, 2.05) is 6.07 Å². The van der Waals surface area contributed by atoms with Crippen molar-refractivity contribution in [2.75, 3.05) is 44.2 Å². The Hall–Kier alpha value is -0.720. The fraction of sp³-hybridized carbons (Fsp3) is 0.600. The minimum atomic E-state index is 0.235. The molecule has 2 rings (SSSR count). The molecule has 1 aromatic heterocycles. The van der Waals surface area contributed by atoms with Gasteiger partial charge in [0, 0.05) is 38.8 Å². The molecule has 2 heterocycles. The molecule has 1 saturated heterocycles. The number of hydrogen-bond donors (Lipinski definition) is 1. The lowest BCUT2D eigenvalue weighted by Crippen LogP contribution is -2.47. The van der Waals surface area contributed by atoms with E-state index in [0.717, 1.165) is 43.1 Å². The first-order valence-electron chi connectivity index (χ1n) is 5.35. The smallest absolute Gasteiger partial charge is 0.133 e. The first kappa shape index (κ1) is 11.8. The van der Waals surface area contributed by atoms with Gasteiger partial charge < -0.3 is 10.0 Å². The van der Waals surface area contributed by atoms with Crippen molar-refractivity contribution in [3.8, 4) is 0 Å². The van der Waals surface area contributed by atoms with Crippen LogP contribution in [0.15, 0.2) is 17.0 Å². The van der Waals surface area contributed by atoms with E-state index < -0.39 is 0 Å². The van der Waals surface area contributed by atoms with Crippen molar-refractivity contribution >= 4 is 21.7 Å². The van der Waals surface area contributed by atoms with Crippen molar-refractivity contribution in [3.05, 3.63) is 17.0 Å². The number of aromatic nitrogens is 2. The van der Waals surface area contributed by atoms with Crippen molar-refractivity contribution in [1.82, 2.24) is 14.9 Å². The zero-order chi connectivity index (χ0) is 11.4. The van der Waals surface area contributed by atoms with Crippen LogP contribution in [-0.4, -0.2) is 59.3 Å². The number of piperazine rings is 1. The summed E-state index contributed by atoms with van der Waals surface area (Å²) in [4.78, 5) is 12.8. The van der Waals surface area contributed by atoms with Gasteiger partial charge >= 0.3 is 0 Å². The normalized spacial score (nSPS) is 17.8. The van der Waals surface area contributed by atoms with E-state index >= 15 is 0 Å². The zero-order valence-electron chi connectivity index (χ0n) is 9.01. The van der Waals surface area contributed by atoms with Crippen molar-refractivity contribution in [2.24, 2.45) is 0 Å². The van der Waals surface area contributed by atoms with Gasteiger partial charge in [0.15, 0.2) is 0 Å². The Labute approximate surface area is 103 Å². The van der Waals surface area contributed by atoms with Gasteiger partial charge in [-0.15, -0.1) is 0 Å². The van der Waals surface area contributed by atoms with Crippen molar-refractivity contribution in [2.45, 2.75) is 0 Å². The molecule has 0 bridgehead atoms. The van der Waals surface area contributed by atoms with Gasteiger partial charge in [-0.25, -0.2) is 9.97 Å². The van der Waals surface area contributed by atoms with Gasteiger partial charge in [0.05, 0.1) is 6.61 Å². The van der Waals surface area contributed by atoms with Gasteiger partial charge in [-0.05, 0) is 15.9 Å². The molecule has 0 spiro atoms. The van der Waals surface area contributed by atoms with Crippen LogP contribution in [0.4, 0.5) is 5.82 Å². The molecule has 1 fully saturated rings. The van der Waals surface area contributed by atoms with E-state index in [4.69, 9.17) is 5.11 Å². The largest absolute Gasteiger partial charge is 0.395 e. The Morgan fingerprint density at radius 2 is 2.00 bits per heavy atom. The highest BCUT2D eigenvalue weighted by atomic mass is 79.9. The maximum absolute atomic E-state index is 8.86. The van der Waals surface area contributed by atoms with E-state index in [9.17, 15) is 0 Å². The average Bonchev–Trinajstić information content (AvgIpc) is 2.30. The summed E-state index contributed by atoms with van der Waals surface area (Å²) < 4.78 is 0.815. The maximum Gasteiger partial charge on any atom is 0.133 e. The molecule has 1 N–H and O–H groups in total. The third-order valence-electron chi connectivity index (χ3n) is 2.73. The van der Waals surface area contributed by atoms with Crippen LogP contribution in [0, 0.1) is 0 Å². The SMILES string of the molecule is OCCN1CCN(c2cc(Br)ncn2)CC1. The molecule has 0 unspecified atom stereocenters. The van der Waals surface area contributed by atoms with Crippen LogP contribution in [0.25, 0.3) is 0 Å². The van der Waals surface area contributed by atoms with E-state index in [1.54, 1.807) is 6.33 Å². The molecule has 1 aromatic rings. The molecule has 0 atom stereocenters. The number of nitrogens with zero attached hydrogens (tertiary/aromatic N) is 4. The lowest BCUT2D eigenvalue weighted by atomic mass is 10.3. The van der Waals surface area contributed by atoms with Gasteiger partial charge in [0.1, 0.15) is 16.7 Å². The van der Waals surface area contributed by atoms with Crippen LogP contribution in [0.2, 0.25) is 0 Å². The molecule has 1 aliphatic rings. The minimum absolute atomic E-state index is 0.235. The quantitative estimate of drug-likeness (QED) is 0.813. The standard InChI is InChI=1S/C10H15BrN4O/c11-9-7-10(13-8-12-9)15-3-1-14(2-4-15)5-6-16/h7-8,16H,1-6H2. The number of rotatable bonds is 3. The molecular weight excluding hydrogens is 272 g/mol. The Kier molecular flexibility index (Phi) is 4.09. The second-order valence-electron chi connectivity index (χ2n) is 3.75. The van der Waals surface area contributed by atoms with Crippen molar-refractivity contribution in [3.63, 3.8) is 0 Å². The van der Waals surface area contributed by atoms with Gasteiger partial charge in [-0.3, -0.25) is 4.90 Å². The number of halogens is 1. The predicted molar refractivity (Wildman–Crippen MR) is 65.5 cm³/mol. The summed E-state index contributed by atoms with van der Waals surface area (Å²) in [6.45, 7) is 4.84. The second-order valence-corrected chi connectivity index (χ2v) is 4.56. The van der Waals surface area contributed by atoms with E-state index in [0.29, 0.717) is 0 Å². The molecule has 0 radical (unpaired) electrons. The van der Waals surface area contributed by atoms with Crippen LogP contribution >= 0.6 is 15.9 Å². The third-order valence-corrected chi connectivity index (χ3v) is 3.17. The van der Waals surface area contributed by atoms with E-state index in [1.165, 1.54) is 0 Å². The number of aliphatic hydroxyl groups is 1. The number of anilines is 1. The zero-order valence-corrected chi connectivity index (χ0v) is 10.6. The van der Waals surface area contributed by atoms with Crippen molar-refractivity contribution < 1.29 is 5.11 Å². The second kappa shape index (κ2) is 5.56. The number of aliphatic hydroxyl groups excluding tert-OH is 1. The van der Waals surface area contributed by atoms with Gasteiger partial charge in [-0.1, -0.05) is 0 Å². The highest BCUT2D eigenvalue weighted by molar-refractivity contribution is 9.10. The molecule has 0 aliphatic carbocycles. The molecule has 0 amide bonds. The lowest BCUT2D eigenvalue weighted by Gasteiger charge is -2.34. The molecule has 16 heavy (non-hydrogen) atoms. The molecule has 88 valence electrons. The minimum Gasteiger partial charge on any atom is -0.395 e. The molecule has 0 aromatic carbocycles. The number of hydrogen-bond acceptors (Lipinski definition) is 5. The maximum atomic E-state index is 8.86. The Bertz CT molecular complexity index is 341. The Morgan fingerprint density at radius 3 is 2.62 bits per heavy atom. The first-order chi connectivity index (χ1) is 7.79. The van der Waals surface area contributed by atoms with Crippen molar-refractivity contribution in [1.29, 1.82) is 0 Å². The van der Waals surface area contributed by atoms with Crippen LogP contribution in [0.5, 0.6) is 0 Å². The molecule has 0 saturated carbocycles. The fourth-order valence-electron chi connectivity index (χ4n) is 1.84. The number of β-amino-alcohol motifs (C(OH)–C–C–N with tert-alkyl or cyclic N) is 1. The summed E-state index contributed by atoms with van der Waals surface area (Å²) in [5, 5.41) is 8.86. The molecular formula is C10H15BrN4O. The van der Waals surface area contributed by atoms with Crippen LogP contribution in [0.3, 0.4) is 0 Å². The Morgan fingerprint density at radius 1 is 1.25 bits per heavy atom. The predicted octanol–water partition coefficient (Wildman–Crippen LogP) is 0.353. The topological polar surface area (TPSA) is 52.5 Å². The van der Waals surface area contributed by atoms with E-state index in [-0.39, 0.29) is 6.61 Å². The molecule has 1 aliphatic heterocycles. The Balaban J connectivity index is 1.94. The van der Waals surface area contributed by atoms with Gasteiger partial charge in [0.2, 0.25) is 0 Å².